The summed E-state index contributed by atoms with van der Waals surface area (Å²) in [5, 5.41) is 13.1. The first-order valence-electron chi connectivity index (χ1n) is 21.7. The standard InChI is InChI=1S/C50H52N8O4/c1-62-50(61)55-44(38-12-4-2-5-13-38)48(59)57-30-10-16-42(57)46-51-32-40(53-46)27-20-34-18-21-35(22-19-34)36-23-25-37(26-24-36)41-33-52-47(54-41)43-17-11-31-58(43)49(60)45(56-28-8-9-29-56)39-14-6-3-7-15-39/h2-7,12-15,18-19,21-26,32-33,42-45,50,55,61H,8-11,16-17,28-31H2,1H3,(H,51,53)(H,52,54). The number of nitrogens with zero attached hydrogens (tertiary/aromatic N) is 5. The van der Waals surface area contributed by atoms with E-state index in [2.05, 4.69) is 90.4 Å². The predicted molar refractivity (Wildman–Crippen MR) is 237 cm³/mol. The van der Waals surface area contributed by atoms with Crippen LogP contribution in [0.2, 0.25) is 0 Å². The molecule has 3 saturated heterocycles. The molecule has 12 heteroatoms. The fraction of sp³-hybridized carbons (Fsp3) is 0.320. The van der Waals surface area contributed by atoms with Gasteiger partial charge in [-0.25, -0.2) is 9.97 Å². The van der Waals surface area contributed by atoms with Crippen LogP contribution in [0.3, 0.4) is 0 Å². The van der Waals surface area contributed by atoms with E-state index in [0.717, 1.165) is 103 Å². The lowest BCUT2D eigenvalue weighted by Crippen LogP contribution is -2.44. The lowest BCUT2D eigenvalue weighted by atomic mass is 10.0. The molecule has 5 unspecified atom stereocenters. The van der Waals surface area contributed by atoms with Crippen molar-refractivity contribution in [3.63, 3.8) is 0 Å². The van der Waals surface area contributed by atoms with Gasteiger partial charge >= 0.3 is 0 Å². The lowest BCUT2D eigenvalue weighted by Gasteiger charge is -2.33. The molecule has 9 rings (SSSR count). The largest absolute Gasteiger partial charge is 0.356 e. The van der Waals surface area contributed by atoms with Crippen LogP contribution in [0, 0.1) is 11.8 Å². The second-order valence-corrected chi connectivity index (χ2v) is 16.3. The van der Waals surface area contributed by atoms with Gasteiger partial charge in [-0.2, -0.15) is 0 Å². The number of hydrogen-bond acceptors (Lipinski definition) is 8. The maximum Gasteiger partial charge on any atom is 0.245 e. The number of hydrogen-bond donors (Lipinski definition) is 4. The Morgan fingerprint density at radius 2 is 1.24 bits per heavy atom. The number of aliphatic hydroxyl groups excluding tert-OH is 1. The van der Waals surface area contributed by atoms with Crippen LogP contribution in [-0.2, 0) is 14.3 Å². The van der Waals surface area contributed by atoms with E-state index in [-0.39, 0.29) is 29.9 Å². The van der Waals surface area contributed by atoms with Gasteiger partial charge in [0.15, 0.2) is 0 Å². The molecule has 5 heterocycles. The summed E-state index contributed by atoms with van der Waals surface area (Å²) in [6, 6.07) is 34.8. The number of benzene rings is 4. The van der Waals surface area contributed by atoms with E-state index in [1.54, 1.807) is 6.20 Å². The summed E-state index contributed by atoms with van der Waals surface area (Å²) < 4.78 is 5.01. The van der Waals surface area contributed by atoms with Gasteiger partial charge in [-0.1, -0.05) is 103 Å². The van der Waals surface area contributed by atoms with Gasteiger partial charge < -0.3 is 29.6 Å². The molecule has 12 nitrogen and oxygen atoms in total. The molecule has 0 aliphatic carbocycles. The molecule has 316 valence electrons. The van der Waals surface area contributed by atoms with E-state index in [1.807, 2.05) is 71.8 Å². The molecule has 62 heavy (non-hydrogen) atoms. The van der Waals surface area contributed by atoms with E-state index < -0.39 is 12.5 Å². The minimum atomic E-state index is -1.29. The number of amides is 2. The first-order chi connectivity index (χ1) is 30.4. The molecule has 0 bridgehead atoms. The Labute approximate surface area is 362 Å². The number of likely N-dealkylation sites (tertiary alicyclic amines) is 3. The second kappa shape index (κ2) is 18.7. The number of H-pyrrole nitrogens is 2. The Morgan fingerprint density at radius 1 is 0.677 bits per heavy atom. The maximum atomic E-state index is 14.3. The fourth-order valence-corrected chi connectivity index (χ4v) is 9.21. The molecule has 6 aromatic rings. The van der Waals surface area contributed by atoms with Crippen molar-refractivity contribution in [2.24, 2.45) is 0 Å². The minimum absolute atomic E-state index is 0.0754. The molecule has 3 aliphatic rings. The summed E-state index contributed by atoms with van der Waals surface area (Å²) in [4.78, 5) is 50.7. The third-order valence-corrected chi connectivity index (χ3v) is 12.4. The van der Waals surface area contributed by atoms with E-state index in [0.29, 0.717) is 18.1 Å². The number of rotatable bonds is 12. The molecule has 4 N–H and O–H groups in total. The van der Waals surface area contributed by atoms with Gasteiger partial charge in [0.25, 0.3) is 0 Å². The Balaban J connectivity index is 0.835. The summed E-state index contributed by atoms with van der Waals surface area (Å²) >= 11 is 0. The van der Waals surface area contributed by atoms with Gasteiger partial charge in [0.1, 0.15) is 29.4 Å². The van der Waals surface area contributed by atoms with E-state index in [9.17, 15) is 14.7 Å². The molecule has 2 amide bonds. The Kier molecular flexibility index (Phi) is 12.4. The predicted octanol–water partition coefficient (Wildman–Crippen LogP) is 7.28. The van der Waals surface area contributed by atoms with Crippen molar-refractivity contribution < 1.29 is 19.4 Å². The van der Waals surface area contributed by atoms with Gasteiger partial charge in [-0.15, -0.1) is 0 Å². The van der Waals surface area contributed by atoms with Crippen LogP contribution in [0.4, 0.5) is 0 Å². The highest BCUT2D eigenvalue weighted by atomic mass is 16.6. The molecule has 0 radical (unpaired) electrons. The number of imidazole rings is 2. The maximum absolute atomic E-state index is 14.3. The van der Waals surface area contributed by atoms with Crippen LogP contribution < -0.4 is 5.32 Å². The van der Waals surface area contributed by atoms with Crippen LogP contribution in [0.25, 0.3) is 22.4 Å². The molecule has 4 aromatic carbocycles. The molecular formula is C50H52N8O4. The van der Waals surface area contributed by atoms with Crippen molar-refractivity contribution in [3.05, 3.63) is 156 Å². The van der Waals surface area contributed by atoms with Crippen molar-refractivity contribution in [1.82, 2.24) is 40.0 Å². The summed E-state index contributed by atoms with van der Waals surface area (Å²) in [6.45, 7) is 3.21. The number of carbonyl (C=O) groups is 2. The van der Waals surface area contributed by atoms with Crippen LogP contribution >= 0.6 is 0 Å². The van der Waals surface area contributed by atoms with Crippen LogP contribution in [-0.4, -0.2) is 91.3 Å². The minimum Gasteiger partial charge on any atom is -0.356 e. The SMILES string of the molecule is COC(O)NC(C(=O)N1CCCC1c1ncc(C#Cc2ccc(-c3ccc(-c4cnc(C5CCCN5C(=O)C(c5ccccc5)N5CCCC5)[nH]4)cc3)cc2)[nH]1)c1ccccc1. The van der Waals surface area contributed by atoms with Crippen LogP contribution in [0.5, 0.6) is 0 Å². The van der Waals surface area contributed by atoms with Gasteiger partial charge in [-0.3, -0.25) is 19.8 Å². The molecule has 0 saturated carbocycles. The zero-order valence-corrected chi connectivity index (χ0v) is 34.9. The third kappa shape index (κ3) is 8.84. The van der Waals surface area contributed by atoms with Crippen LogP contribution in [0.1, 0.15) is 96.7 Å². The summed E-state index contributed by atoms with van der Waals surface area (Å²) in [6.07, 6.45) is 8.01. The first-order valence-corrected chi connectivity index (χ1v) is 21.7. The monoisotopic (exact) mass is 828 g/mol. The van der Waals surface area contributed by atoms with Gasteiger partial charge in [0.05, 0.1) is 30.2 Å². The van der Waals surface area contributed by atoms with E-state index in [4.69, 9.17) is 9.72 Å². The summed E-state index contributed by atoms with van der Waals surface area (Å²) in [5.41, 5.74) is 7.47. The summed E-state index contributed by atoms with van der Waals surface area (Å²) in [7, 11) is 1.38. The first kappa shape index (κ1) is 41.0. The topological polar surface area (TPSA) is 143 Å². The van der Waals surface area contributed by atoms with Crippen molar-refractivity contribution in [3.8, 4) is 34.2 Å². The smallest absolute Gasteiger partial charge is 0.245 e. The van der Waals surface area contributed by atoms with Crippen molar-refractivity contribution in [2.45, 2.75) is 69.1 Å². The van der Waals surface area contributed by atoms with Crippen molar-refractivity contribution in [1.29, 1.82) is 0 Å². The van der Waals surface area contributed by atoms with E-state index >= 15 is 0 Å². The highest BCUT2D eigenvalue weighted by Gasteiger charge is 2.40. The number of methoxy groups -OCH3 is 1. The molecule has 5 atom stereocenters. The molecular weight excluding hydrogens is 777 g/mol. The summed E-state index contributed by atoms with van der Waals surface area (Å²) in [5.74, 6) is 7.99. The van der Waals surface area contributed by atoms with Gasteiger partial charge in [0.2, 0.25) is 18.2 Å². The quantitative estimate of drug-likeness (QED) is 0.0745. The Morgan fingerprint density at radius 3 is 1.89 bits per heavy atom. The van der Waals surface area contributed by atoms with Gasteiger partial charge in [0, 0.05) is 25.8 Å². The molecule has 2 aromatic heterocycles. The second-order valence-electron chi connectivity index (χ2n) is 16.3. The molecule has 3 fully saturated rings. The third-order valence-electron chi connectivity index (χ3n) is 12.4. The fourth-order valence-electron chi connectivity index (χ4n) is 9.21. The lowest BCUT2D eigenvalue weighted by molar-refractivity contribution is -0.143. The van der Waals surface area contributed by atoms with Gasteiger partial charge in [-0.05, 0) is 97.5 Å². The average molecular weight is 829 g/mol. The highest BCUT2D eigenvalue weighted by Crippen LogP contribution is 2.37. The number of aromatic nitrogens is 4. The number of carbonyl (C=O) groups excluding carboxylic acids is 2. The Hall–Kier alpha value is -6.36. The van der Waals surface area contributed by atoms with Crippen molar-refractivity contribution >= 4 is 11.8 Å². The normalized spacial score (nSPS) is 19.3. The zero-order chi connectivity index (χ0) is 42.4. The Bertz CT molecular complexity index is 2500. The van der Waals surface area contributed by atoms with Crippen molar-refractivity contribution in [2.75, 3.05) is 33.3 Å². The number of aliphatic hydroxyl groups is 1. The molecule has 3 aliphatic heterocycles. The van der Waals surface area contributed by atoms with Crippen LogP contribution in [0.15, 0.2) is 122 Å². The number of nitrogens with one attached hydrogen (secondary N) is 3. The number of ether oxygens (including phenoxy) is 1. The average Bonchev–Trinajstić information content (AvgIpc) is 4.18. The molecule has 0 spiro atoms. The zero-order valence-electron chi connectivity index (χ0n) is 34.9. The number of aromatic amines is 2. The highest BCUT2D eigenvalue weighted by molar-refractivity contribution is 5.85. The van der Waals surface area contributed by atoms with E-state index in [1.165, 1.54) is 7.11 Å².